The number of nitrogens with two attached hydrogens (primary N) is 1. The van der Waals surface area contributed by atoms with E-state index in [1.165, 1.54) is 10.7 Å². The first kappa shape index (κ1) is 26.6. The van der Waals surface area contributed by atoms with Gasteiger partial charge in [-0.1, -0.05) is 5.21 Å². The van der Waals surface area contributed by atoms with Crippen LogP contribution in [0.5, 0.6) is 5.75 Å². The van der Waals surface area contributed by atoms with Crippen molar-refractivity contribution in [2.24, 2.45) is 10.7 Å². The number of rotatable bonds is 7. The predicted molar refractivity (Wildman–Crippen MR) is 135 cm³/mol. The van der Waals surface area contributed by atoms with Gasteiger partial charge < -0.3 is 15.2 Å². The molecule has 0 saturated carbocycles. The van der Waals surface area contributed by atoms with Crippen molar-refractivity contribution in [3.8, 4) is 23.1 Å². The monoisotopic (exact) mass is 543 g/mol. The highest BCUT2D eigenvalue weighted by atomic mass is 19.4. The third-order valence-corrected chi connectivity index (χ3v) is 7.14. The van der Waals surface area contributed by atoms with E-state index in [1.54, 1.807) is 19.2 Å². The van der Waals surface area contributed by atoms with Crippen molar-refractivity contribution in [3.05, 3.63) is 41.5 Å². The van der Waals surface area contributed by atoms with Gasteiger partial charge >= 0.3 is 6.30 Å². The molecule has 2 aliphatic heterocycles. The lowest BCUT2D eigenvalue weighted by atomic mass is 10.0. The zero-order valence-electron chi connectivity index (χ0n) is 21.5. The maximum absolute atomic E-state index is 12.3. The Morgan fingerprint density at radius 1 is 1.31 bits per heavy atom. The molecule has 206 valence electrons. The number of nitrogens with zero attached hydrogens (tertiary/aromatic N) is 8. The summed E-state index contributed by atoms with van der Waals surface area (Å²) in [5.41, 5.74) is 8.82. The number of alkyl halides is 3. The average Bonchev–Trinajstić information content (AvgIpc) is 3.46. The van der Waals surface area contributed by atoms with Crippen LogP contribution in [0.1, 0.15) is 37.1 Å². The number of nitriles is 1. The van der Waals surface area contributed by atoms with Crippen molar-refractivity contribution in [2.75, 3.05) is 26.3 Å². The van der Waals surface area contributed by atoms with E-state index in [1.807, 2.05) is 11.6 Å². The van der Waals surface area contributed by atoms with Crippen molar-refractivity contribution in [1.82, 2.24) is 29.5 Å². The molecule has 0 amide bonds. The highest BCUT2D eigenvalue weighted by Gasteiger charge is 2.31. The molecule has 11 nitrogen and oxygen atoms in total. The molecule has 5 heterocycles. The minimum Gasteiger partial charge on any atom is -0.482 e. The van der Waals surface area contributed by atoms with E-state index in [0.717, 1.165) is 50.9 Å². The molecule has 1 unspecified atom stereocenters. The van der Waals surface area contributed by atoms with Crippen LogP contribution >= 0.6 is 0 Å². The van der Waals surface area contributed by atoms with E-state index in [9.17, 15) is 18.4 Å². The number of allylic oxidation sites excluding steroid dienone is 1. The van der Waals surface area contributed by atoms with Crippen LogP contribution in [0.2, 0.25) is 0 Å². The summed E-state index contributed by atoms with van der Waals surface area (Å²) < 4.78 is 51.9. The zero-order chi connectivity index (χ0) is 27.7. The fourth-order valence-corrected chi connectivity index (χ4v) is 4.87. The Bertz CT molecular complexity index is 1440. The molecule has 5 rings (SSSR count). The van der Waals surface area contributed by atoms with E-state index >= 15 is 0 Å². The molecule has 0 bridgehead atoms. The molecule has 39 heavy (non-hydrogen) atoms. The molecule has 0 radical (unpaired) electrons. The van der Waals surface area contributed by atoms with Crippen molar-refractivity contribution < 1.29 is 22.6 Å². The van der Waals surface area contributed by atoms with Gasteiger partial charge in [0, 0.05) is 31.1 Å². The Hall–Kier alpha value is -3.96. The Kier molecular flexibility index (Phi) is 7.28. The number of halogens is 3. The van der Waals surface area contributed by atoms with E-state index in [0.29, 0.717) is 29.0 Å². The minimum atomic E-state index is -4.70. The highest BCUT2D eigenvalue weighted by Crippen LogP contribution is 2.33. The fraction of sp³-hybridized carbons (Fsp3) is 0.480. The molecule has 0 spiro atoms. The summed E-state index contributed by atoms with van der Waals surface area (Å²) in [7, 11) is 0. The third-order valence-electron chi connectivity index (χ3n) is 7.14. The van der Waals surface area contributed by atoms with Crippen molar-refractivity contribution >= 4 is 11.7 Å². The maximum Gasteiger partial charge on any atom is 0.503 e. The first-order chi connectivity index (χ1) is 18.6. The standard InChI is InChI=1S/C25H28F3N9O2/c1-15-23(33-34-37(15)19-4-7-35(8-5-19)20-13-38-14-20)17-9-22(24-18(10-29)11-32-36(24)12-17)39-16(2)21(30)3-6-31-25(26,27)28/h3,6,9,11-12,16,19-20H,4-5,7-8,13-14,30H2,1-2H3/b21-3-,31-6+. The van der Waals surface area contributed by atoms with Gasteiger partial charge in [-0.3, -0.25) is 4.90 Å². The number of ether oxygens (including phenoxy) is 2. The second-order valence-electron chi connectivity index (χ2n) is 9.66. The molecule has 2 aliphatic rings. The smallest absolute Gasteiger partial charge is 0.482 e. The van der Waals surface area contributed by atoms with Crippen molar-refractivity contribution in [2.45, 2.75) is 51.2 Å². The molecule has 0 aromatic carbocycles. The van der Waals surface area contributed by atoms with E-state index in [-0.39, 0.29) is 23.1 Å². The van der Waals surface area contributed by atoms with Gasteiger partial charge in [-0.2, -0.15) is 15.4 Å². The summed E-state index contributed by atoms with van der Waals surface area (Å²) in [6.45, 7) is 7.09. The Balaban J connectivity index is 1.41. The molecule has 3 aromatic rings. The number of hydrogen-bond donors (Lipinski definition) is 1. The molecule has 0 aliphatic carbocycles. The summed E-state index contributed by atoms with van der Waals surface area (Å²) in [6.07, 6.45) is 1.15. The lowest BCUT2D eigenvalue weighted by Crippen LogP contribution is -2.52. The van der Waals surface area contributed by atoms with Crippen LogP contribution in [0.3, 0.4) is 0 Å². The highest BCUT2D eigenvalue weighted by molar-refractivity contribution is 5.75. The molecular formula is C25H28F3N9O2. The predicted octanol–water partition coefficient (Wildman–Crippen LogP) is 3.01. The summed E-state index contributed by atoms with van der Waals surface area (Å²) in [4.78, 5) is 4.92. The van der Waals surface area contributed by atoms with Gasteiger partial charge in [-0.15, -0.1) is 18.3 Å². The Morgan fingerprint density at radius 3 is 2.69 bits per heavy atom. The summed E-state index contributed by atoms with van der Waals surface area (Å²) in [6, 6.07) is 4.53. The quantitative estimate of drug-likeness (QED) is 0.355. The Labute approximate surface area is 222 Å². The number of fused-ring (bicyclic) bond motifs is 1. The first-order valence-corrected chi connectivity index (χ1v) is 12.5. The number of piperidine rings is 1. The van der Waals surface area contributed by atoms with Crippen LogP contribution in [0.25, 0.3) is 16.8 Å². The van der Waals surface area contributed by atoms with Gasteiger partial charge in [0.1, 0.15) is 34.7 Å². The number of hydrogen-bond acceptors (Lipinski definition) is 9. The molecule has 14 heteroatoms. The number of aliphatic imine (C=N–C) groups is 1. The normalized spacial score (nSPS) is 18.9. The van der Waals surface area contributed by atoms with Crippen LogP contribution in [-0.4, -0.2) is 80.5 Å². The first-order valence-electron chi connectivity index (χ1n) is 12.5. The minimum absolute atomic E-state index is 0.0199. The van der Waals surface area contributed by atoms with Crippen molar-refractivity contribution in [3.63, 3.8) is 0 Å². The van der Waals surface area contributed by atoms with E-state index < -0.39 is 12.4 Å². The summed E-state index contributed by atoms with van der Waals surface area (Å²) in [5, 5.41) is 22.8. The van der Waals surface area contributed by atoms with Crippen LogP contribution < -0.4 is 10.5 Å². The molecule has 2 saturated heterocycles. The number of likely N-dealkylation sites (tertiary alicyclic amines) is 1. The SMILES string of the molecule is Cc1c(-c2cc(OC(C)/C(N)=C/C=N/C(F)(F)F)c3c(C#N)cnn3c2)nnn1C1CCN(C2COC2)CC1. The van der Waals surface area contributed by atoms with Crippen LogP contribution in [0.15, 0.2) is 35.2 Å². The lowest BCUT2D eigenvalue weighted by Gasteiger charge is -2.41. The van der Waals surface area contributed by atoms with Crippen molar-refractivity contribution in [1.29, 1.82) is 5.26 Å². The Morgan fingerprint density at radius 2 is 2.05 bits per heavy atom. The molecule has 3 aromatic heterocycles. The van der Waals surface area contributed by atoms with Crippen LogP contribution in [-0.2, 0) is 4.74 Å². The molecular weight excluding hydrogens is 515 g/mol. The van der Waals surface area contributed by atoms with Crippen LogP contribution in [0, 0.1) is 18.3 Å². The van der Waals surface area contributed by atoms with Gasteiger partial charge in [0.05, 0.1) is 42.9 Å². The van der Waals surface area contributed by atoms with E-state index in [2.05, 4.69) is 31.4 Å². The van der Waals surface area contributed by atoms with Crippen LogP contribution in [0.4, 0.5) is 13.2 Å². The van der Waals surface area contributed by atoms with Gasteiger partial charge in [-0.05, 0) is 38.8 Å². The molecule has 2 fully saturated rings. The van der Waals surface area contributed by atoms with Gasteiger partial charge in [0.15, 0.2) is 0 Å². The lowest BCUT2D eigenvalue weighted by molar-refractivity contribution is -0.118. The number of pyridine rings is 1. The second-order valence-corrected chi connectivity index (χ2v) is 9.66. The van der Waals surface area contributed by atoms with Gasteiger partial charge in [0.2, 0.25) is 0 Å². The maximum atomic E-state index is 12.3. The third kappa shape index (κ3) is 5.59. The summed E-state index contributed by atoms with van der Waals surface area (Å²) in [5.74, 6) is 0.281. The van der Waals surface area contributed by atoms with Gasteiger partial charge in [-0.25, -0.2) is 9.20 Å². The van der Waals surface area contributed by atoms with Gasteiger partial charge in [0.25, 0.3) is 0 Å². The summed E-state index contributed by atoms with van der Waals surface area (Å²) >= 11 is 0. The number of aromatic nitrogens is 5. The molecule has 2 N–H and O–H groups in total. The average molecular weight is 544 g/mol. The largest absolute Gasteiger partial charge is 0.503 e. The topological polar surface area (TPSA) is 132 Å². The van der Waals surface area contributed by atoms with E-state index in [4.69, 9.17) is 15.2 Å². The molecule has 1 atom stereocenters. The fourth-order valence-electron chi connectivity index (χ4n) is 4.87. The second kappa shape index (κ2) is 10.7. The zero-order valence-corrected chi connectivity index (χ0v) is 21.5.